The van der Waals surface area contributed by atoms with E-state index >= 15 is 0 Å². The molecule has 2 saturated heterocycles. The van der Waals surface area contributed by atoms with Crippen molar-refractivity contribution in [3.63, 3.8) is 0 Å². The Kier molecular flexibility index (Phi) is 5.82. The second-order valence-corrected chi connectivity index (χ2v) is 10.3. The molecule has 0 spiro atoms. The molecule has 1 amide bonds. The minimum absolute atomic E-state index is 0.0269. The van der Waals surface area contributed by atoms with Gasteiger partial charge in [-0.25, -0.2) is 8.42 Å². The van der Waals surface area contributed by atoms with Crippen molar-refractivity contribution in [1.29, 1.82) is 0 Å². The first kappa shape index (κ1) is 19.6. The summed E-state index contributed by atoms with van der Waals surface area (Å²) in [6.07, 6.45) is 1.82. The van der Waals surface area contributed by atoms with Gasteiger partial charge in [-0.2, -0.15) is 4.31 Å². The van der Waals surface area contributed by atoms with Crippen LogP contribution >= 0.6 is 11.3 Å². The van der Waals surface area contributed by atoms with Gasteiger partial charge in [0, 0.05) is 56.3 Å². The monoisotopic (exact) mass is 419 g/mol. The van der Waals surface area contributed by atoms with Gasteiger partial charge in [-0.3, -0.25) is 9.69 Å². The number of carbonyl (C=O) groups excluding carboxylic acids is 1. The summed E-state index contributed by atoms with van der Waals surface area (Å²) in [5.41, 5.74) is 0.548. The van der Waals surface area contributed by atoms with E-state index in [4.69, 9.17) is 0 Å². The van der Waals surface area contributed by atoms with Crippen LogP contribution in [-0.4, -0.2) is 67.7 Å². The van der Waals surface area contributed by atoms with Gasteiger partial charge in [0.2, 0.25) is 10.0 Å². The van der Waals surface area contributed by atoms with Crippen molar-refractivity contribution in [2.45, 2.75) is 24.3 Å². The summed E-state index contributed by atoms with van der Waals surface area (Å²) in [5, 5.41) is 2.09. The van der Waals surface area contributed by atoms with E-state index in [2.05, 4.69) is 22.4 Å². The highest BCUT2D eigenvalue weighted by atomic mass is 32.2. The third-order valence-electron chi connectivity index (χ3n) is 5.42. The lowest BCUT2D eigenvalue weighted by Gasteiger charge is -2.34. The van der Waals surface area contributed by atoms with Gasteiger partial charge in [-0.05, 0) is 48.6 Å². The van der Waals surface area contributed by atoms with Gasteiger partial charge >= 0.3 is 0 Å². The zero-order valence-electron chi connectivity index (χ0n) is 15.8. The number of piperazine rings is 1. The molecule has 2 aromatic rings. The molecule has 0 aliphatic carbocycles. The molecule has 28 heavy (non-hydrogen) atoms. The first-order chi connectivity index (χ1) is 13.5. The number of nitrogens with zero attached hydrogens (tertiary/aromatic N) is 3. The molecule has 1 aromatic carbocycles. The first-order valence-electron chi connectivity index (χ1n) is 9.68. The minimum atomic E-state index is -3.44. The van der Waals surface area contributed by atoms with Gasteiger partial charge < -0.3 is 4.90 Å². The maximum atomic E-state index is 12.8. The fraction of sp³-hybridized carbons (Fsp3) is 0.450. The lowest BCUT2D eigenvalue weighted by Crippen LogP contribution is -2.48. The van der Waals surface area contributed by atoms with Gasteiger partial charge in [-0.1, -0.05) is 6.07 Å². The molecule has 0 saturated carbocycles. The number of hydrogen-bond acceptors (Lipinski definition) is 5. The Morgan fingerprint density at radius 2 is 1.61 bits per heavy atom. The third-order valence-corrected chi connectivity index (χ3v) is 8.20. The molecule has 6 nitrogen and oxygen atoms in total. The number of amides is 1. The summed E-state index contributed by atoms with van der Waals surface area (Å²) in [6, 6.07) is 10.6. The number of hydrogen-bond donors (Lipinski definition) is 0. The van der Waals surface area contributed by atoms with Crippen LogP contribution in [0.25, 0.3) is 0 Å². The van der Waals surface area contributed by atoms with E-state index in [-0.39, 0.29) is 10.8 Å². The molecule has 2 aliphatic heterocycles. The average Bonchev–Trinajstić information content (AvgIpc) is 3.43. The summed E-state index contributed by atoms with van der Waals surface area (Å²) >= 11 is 1.76. The SMILES string of the molecule is O=C(c1ccc(S(=O)(=O)N2CCCC2)cc1)N1CCN(Cc2cccs2)CC1. The molecule has 0 bridgehead atoms. The Labute approximate surface area is 170 Å². The van der Waals surface area contributed by atoms with Crippen molar-refractivity contribution in [2.24, 2.45) is 0 Å². The van der Waals surface area contributed by atoms with E-state index in [1.54, 1.807) is 35.6 Å². The van der Waals surface area contributed by atoms with Gasteiger partial charge in [0.1, 0.15) is 0 Å². The van der Waals surface area contributed by atoms with Crippen molar-refractivity contribution < 1.29 is 13.2 Å². The zero-order chi connectivity index (χ0) is 19.6. The maximum Gasteiger partial charge on any atom is 0.253 e. The molecule has 0 radical (unpaired) electrons. The van der Waals surface area contributed by atoms with Crippen LogP contribution in [0.4, 0.5) is 0 Å². The van der Waals surface area contributed by atoms with Crippen molar-refractivity contribution in [3.05, 3.63) is 52.2 Å². The third kappa shape index (κ3) is 4.15. The molecule has 0 unspecified atom stereocenters. The largest absolute Gasteiger partial charge is 0.336 e. The fourth-order valence-electron chi connectivity index (χ4n) is 3.76. The van der Waals surface area contributed by atoms with E-state index in [9.17, 15) is 13.2 Å². The highest BCUT2D eigenvalue weighted by Crippen LogP contribution is 2.22. The van der Waals surface area contributed by atoms with E-state index in [1.807, 2.05) is 4.90 Å². The minimum Gasteiger partial charge on any atom is -0.336 e. The number of thiophene rings is 1. The summed E-state index contributed by atoms with van der Waals surface area (Å²) in [7, 11) is -3.44. The van der Waals surface area contributed by atoms with Gasteiger partial charge in [0.15, 0.2) is 0 Å². The van der Waals surface area contributed by atoms with Crippen LogP contribution < -0.4 is 0 Å². The first-order valence-corrected chi connectivity index (χ1v) is 12.0. The smallest absolute Gasteiger partial charge is 0.253 e. The molecule has 0 N–H and O–H groups in total. The van der Waals surface area contributed by atoms with E-state index in [0.717, 1.165) is 32.5 Å². The van der Waals surface area contributed by atoms with Crippen molar-refractivity contribution in [2.75, 3.05) is 39.3 Å². The predicted octanol–water partition coefficient (Wildman–Crippen LogP) is 2.49. The second kappa shape index (κ2) is 8.32. The normalized spacial score (nSPS) is 19.2. The van der Waals surface area contributed by atoms with Gasteiger partial charge in [0.25, 0.3) is 5.91 Å². The Balaban J connectivity index is 1.36. The fourth-order valence-corrected chi connectivity index (χ4v) is 6.02. The maximum absolute atomic E-state index is 12.8. The molecule has 0 atom stereocenters. The molecule has 8 heteroatoms. The Morgan fingerprint density at radius 3 is 2.21 bits per heavy atom. The van der Waals surface area contributed by atoms with Crippen LogP contribution in [0.3, 0.4) is 0 Å². The summed E-state index contributed by atoms with van der Waals surface area (Å²) in [5.74, 6) is -0.0269. The molecule has 2 fully saturated rings. The van der Waals surface area contributed by atoms with Crippen LogP contribution in [0.2, 0.25) is 0 Å². The van der Waals surface area contributed by atoms with Crippen molar-refractivity contribution in [1.82, 2.24) is 14.1 Å². The predicted molar refractivity (Wildman–Crippen MR) is 110 cm³/mol. The topological polar surface area (TPSA) is 60.9 Å². The quantitative estimate of drug-likeness (QED) is 0.747. The average molecular weight is 420 g/mol. The van der Waals surface area contributed by atoms with Crippen LogP contribution in [-0.2, 0) is 16.6 Å². The van der Waals surface area contributed by atoms with Crippen LogP contribution in [0.15, 0.2) is 46.7 Å². The van der Waals surface area contributed by atoms with Crippen LogP contribution in [0.1, 0.15) is 28.1 Å². The van der Waals surface area contributed by atoms with Crippen molar-refractivity contribution in [3.8, 4) is 0 Å². The highest BCUT2D eigenvalue weighted by Gasteiger charge is 2.28. The number of benzene rings is 1. The molecule has 150 valence electrons. The Bertz CT molecular complexity index is 897. The Hall–Kier alpha value is -1.74. The molecular weight excluding hydrogens is 394 g/mol. The van der Waals surface area contributed by atoms with E-state index in [0.29, 0.717) is 31.7 Å². The van der Waals surface area contributed by atoms with E-state index < -0.39 is 10.0 Å². The zero-order valence-corrected chi connectivity index (χ0v) is 17.4. The van der Waals surface area contributed by atoms with Crippen molar-refractivity contribution >= 4 is 27.3 Å². The molecule has 3 heterocycles. The summed E-state index contributed by atoms with van der Waals surface area (Å²) in [6.45, 7) is 5.19. The molecular formula is C20H25N3O3S2. The molecule has 2 aliphatic rings. The number of rotatable bonds is 5. The lowest BCUT2D eigenvalue weighted by molar-refractivity contribution is 0.0629. The summed E-state index contributed by atoms with van der Waals surface area (Å²) in [4.78, 5) is 18.6. The van der Waals surface area contributed by atoms with Crippen LogP contribution in [0.5, 0.6) is 0 Å². The Morgan fingerprint density at radius 1 is 0.929 bits per heavy atom. The highest BCUT2D eigenvalue weighted by molar-refractivity contribution is 7.89. The van der Waals surface area contributed by atoms with E-state index in [1.165, 1.54) is 9.18 Å². The van der Waals surface area contributed by atoms with Gasteiger partial charge in [0.05, 0.1) is 4.90 Å². The second-order valence-electron chi connectivity index (χ2n) is 7.28. The number of carbonyl (C=O) groups is 1. The summed E-state index contributed by atoms with van der Waals surface area (Å²) < 4.78 is 26.7. The standard InChI is InChI=1S/C20H25N3O3S2/c24-20(22-13-11-21(12-14-22)16-18-4-3-15-27-18)17-5-7-19(8-6-17)28(25,26)23-9-1-2-10-23/h3-8,15H,1-2,9-14,16H2. The van der Waals surface area contributed by atoms with Gasteiger partial charge in [-0.15, -0.1) is 11.3 Å². The molecule has 1 aromatic heterocycles. The molecule has 4 rings (SSSR count). The number of sulfonamides is 1. The lowest BCUT2D eigenvalue weighted by atomic mass is 10.2. The van der Waals surface area contributed by atoms with Crippen LogP contribution in [0, 0.1) is 0 Å².